The molecule has 1 amide bonds. The van der Waals surface area contributed by atoms with Gasteiger partial charge < -0.3 is 24.2 Å². The molecule has 1 atom stereocenters. The van der Waals surface area contributed by atoms with Crippen LogP contribution in [0, 0.1) is 0 Å². The number of carbonyl (C=O) groups excluding carboxylic acids is 2. The van der Waals surface area contributed by atoms with Crippen LogP contribution in [0.5, 0.6) is 11.5 Å². The molecule has 3 aromatic carbocycles. The average molecular weight is 516 g/mol. The van der Waals surface area contributed by atoms with Crippen molar-refractivity contribution in [2.45, 2.75) is 32.4 Å². The molecule has 1 aliphatic rings. The van der Waals surface area contributed by atoms with E-state index in [1.54, 1.807) is 31.4 Å². The molecule has 7 heteroatoms. The molecule has 0 spiro atoms. The molecule has 7 nitrogen and oxygen atoms in total. The molecule has 0 saturated carbocycles. The number of methoxy groups -OCH3 is 1. The fourth-order valence-corrected chi connectivity index (χ4v) is 4.41. The zero-order valence-corrected chi connectivity index (χ0v) is 21.8. The molecule has 198 valence electrons. The Bertz CT molecular complexity index is 1250. The Morgan fingerprint density at radius 2 is 1.53 bits per heavy atom. The van der Waals surface area contributed by atoms with Gasteiger partial charge >= 0.3 is 0 Å². The van der Waals surface area contributed by atoms with Crippen molar-refractivity contribution in [1.82, 2.24) is 4.90 Å². The Kier molecular flexibility index (Phi) is 9.16. The number of nitrogens with zero attached hydrogens (tertiary/aromatic N) is 1. The van der Waals surface area contributed by atoms with Crippen molar-refractivity contribution in [3.8, 4) is 11.5 Å². The van der Waals surface area contributed by atoms with Crippen LogP contribution in [0.2, 0.25) is 0 Å². The minimum Gasteiger partial charge on any atom is -0.507 e. The maximum Gasteiger partial charge on any atom is 0.295 e. The van der Waals surface area contributed by atoms with E-state index in [-0.39, 0.29) is 11.3 Å². The van der Waals surface area contributed by atoms with Gasteiger partial charge in [0.15, 0.2) is 0 Å². The van der Waals surface area contributed by atoms with Gasteiger partial charge in [-0.2, -0.15) is 0 Å². The topological polar surface area (TPSA) is 85.3 Å². The Morgan fingerprint density at radius 3 is 2.18 bits per heavy atom. The summed E-state index contributed by atoms with van der Waals surface area (Å²) in [5.41, 5.74) is 2.26. The molecule has 1 fully saturated rings. The number of Topliss-reactive ketones (excluding diaryl/α,β-unsaturated/α-hetero) is 1. The summed E-state index contributed by atoms with van der Waals surface area (Å²) in [7, 11) is 1.59. The van der Waals surface area contributed by atoms with Crippen molar-refractivity contribution in [2.75, 3.05) is 26.9 Å². The number of hydrogen-bond acceptors (Lipinski definition) is 6. The Balaban J connectivity index is 1.64. The number of likely N-dealkylation sites (tertiary alicyclic amines) is 1. The summed E-state index contributed by atoms with van der Waals surface area (Å²) in [6.07, 6.45) is 1.44. The van der Waals surface area contributed by atoms with Crippen LogP contribution >= 0.6 is 0 Å². The molecule has 1 unspecified atom stereocenters. The molecular weight excluding hydrogens is 482 g/mol. The minimum absolute atomic E-state index is 0.0626. The van der Waals surface area contributed by atoms with Crippen LogP contribution in [0.1, 0.15) is 42.5 Å². The third-order valence-electron chi connectivity index (χ3n) is 6.33. The molecule has 1 heterocycles. The van der Waals surface area contributed by atoms with Crippen molar-refractivity contribution in [3.63, 3.8) is 0 Å². The van der Waals surface area contributed by atoms with E-state index in [0.717, 1.165) is 12.0 Å². The summed E-state index contributed by atoms with van der Waals surface area (Å²) < 4.78 is 16.7. The molecular formula is C31H33NO6. The number of amides is 1. The number of hydrogen-bond donors (Lipinski definition) is 1. The van der Waals surface area contributed by atoms with Crippen LogP contribution in [0.15, 0.2) is 84.4 Å². The molecule has 4 rings (SSSR count). The van der Waals surface area contributed by atoms with Gasteiger partial charge in [0.1, 0.15) is 23.9 Å². The highest BCUT2D eigenvalue weighted by molar-refractivity contribution is 6.46. The van der Waals surface area contributed by atoms with Gasteiger partial charge in [0, 0.05) is 25.8 Å². The first-order valence-electron chi connectivity index (χ1n) is 12.8. The largest absolute Gasteiger partial charge is 0.507 e. The predicted octanol–water partition coefficient (Wildman–Crippen LogP) is 5.51. The first kappa shape index (κ1) is 26.9. The zero-order valence-electron chi connectivity index (χ0n) is 21.8. The van der Waals surface area contributed by atoms with Gasteiger partial charge in [0.2, 0.25) is 0 Å². The van der Waals surface area contributed by atoms with Crippen LogP contribution in [0.4, 0.5) is 0 Å². The quantitative estimate of drug-likeness (QED) is 0.148. The monoisotopic (exact) mass is 515 g/mol. The number of carbonyl (C=O) groups is 2. The van der Waals surface area contributed by atoms with E-state index in [9.17, 15) is 14.7 Å². The first-order valence-corrected chi connectivity index (χ1v) is 12.8. The van der Waals surface area contributed by atoms with Crippen molar-refractivity contribution in [3.05, 3.63) is 101 Å². The smallest absolute Gasteiger partial charge is 0.295 e. The SMILES string of the molecule is CCCOc1ccc(/C(O)=C2/C(=O)C(=O)N(CCCOC)C2c2ccc(OCc3ccccc3)cc2)cc1. The van der Waals surface area contributed by atoms with E-state index < -0.39 is 17.7 Å². The summed E-state index contributed by atoms with van der Waals surface area (Å²) in [4.78, 5) is 27.8. The standard InChI is InChI=1S/C31H33NO6/c1-3-19-37-25-16-12-24(13-17-25)29(33)27-28(32(18-7-20-36-2)31(35)30(27)34)23-10-14-26(15-11-23)38-21-22-8-5-4-6-9-22/h4-6,8-17,28,33H,3,7,18-21H2,1-2H3/b29-27-. The van der Waals surface area contributed by atoms with E-state index >= 15 is 0 Å². The molecule has 0 bridgehead atoms. The number of rotatable bonds is 12. The number of benzene rings is 3. The zero-order chi connectivity index (χ0) is 26.9. The lowest BCUT2D eigenvalue weighted by Crippen LogP contribution is -2.31. The van der Waals surface area contributed by atoms with Crippen molar-refractivity contribution in [2.24, 2.45) is 0 Å². The highest BCUT2D eigenvalue weighted by Gasteiger charge is 2.45. The summed E-state index contributed by atoms with van der Waals surface area (Å²) in [6, 6.07) is 23.3. The van der Waals surface area contributed by atoms with E-state index in [0.29, 0.717) is 55.4 Å². The van der Waals surface area contributed by atoms with Crippen LogP contribution in [-0.2, 0) is 20.9 Å². The number of aliphatic hydroxyl groups excluding tert-OH is 1. The van der Waals surface area contributed by atoms with Crippen LogP contribution < -0.4 is 9.47 Å². The van der Waals surface area contributed by atoms with Crippen LogP contribution in [-0.4, -0.2) is 48.6 Å². The Hall–Kier alpha value is -4.10. The van der Waals surface area contributed by atoms with Crippen molar-refractivity contribution >= 4 is 17.4 Å². The van der Waals surface area contributed by atoms with Gasteiger partial charge in [0.05, 0.1) is 18.2 Å². The second-order valence-corrected chi connectivity index (χ2v) is 9.05. The van der Waals surface area contributed by atoms with Gasteiger partial charge in [0.25, 0.3) is 11.7 Å². The molecule has 1 N–H and O–H groups in total. The predicted molar refractivity (Wildman–Crippen MR) is 145 cm³/mol. The summed E-state index contributed by atoms with van der Waals surface area (Å²) in [5, 5.41) is 11.3. The fourth-order valence-electron chi connectivity index (χ4n) is 4.41. The number of ketones is 1. The summed E-state index contributed by atoms with van der Waals surface area (Å²) >= 11 is 0. The molecule has 1 aliphatic heterocycles. The molecule has 3 aromatic rings. The fraction of sp³-hybridized carbons (Fsp3) is 0.290. The van der Waals surface area contributed by atoms with Gasteiger partial charge in [-0.15, -0.1) is 0 Å². The van der Waals surface area contributed by atoms with Gasteiger partial charge in [-0.25, -0.2) is 0 Å². The number of aliphatic hydroxyl groups is 1. The lowest BCUT2D eigenvalue weighted by atomic mass is 9.95. The Labute approximate surface area is 223 Å². The van der Waals surface area contributed by atoms with Crippen LogP contribution in [0.25, 0.3) is 5.76 Å². The van der Waals surface area contributed by atoms with E-state index in [1.807, 2.05) is 61.5 Å². The number of ether oxygens (including phenoxy) is 3. The second-order valence-electron chi connectivity index (χ2n) is 9.05. The highest BCUT2D eigenvalue weighted by atomic mass is 16.5. The summed E-state index contributed by atoms with van der Waals surface area (Å²) in [5.74, 6) is -0.225. The highest BCUT2D eigenvalue weighted by Crippen LogP contribution is 2.40. The Morgan fingerprint density at radius 1 is 0.868 bits per heavy atom. The van der Waals surface area contributed by atoms with Crippen molar-refractivity contribution in [1.29, 1.82) is 0 Å². The maximum atomic E-state index is 13.2. The molecule has 0 aliphatic carbocycles. The molecule has 0 aromatic heterocycles. The maximum absolute atomic E-state index is 13.2. The van der Waals surface area contributed by atoms with E-state index in [1.165, 1.54) is 4.90 Å². The lowest BCUT2D eigenvalue weighted by Gasteiger charge is -2.25. The minimum atomic E-state index is -0.731. The van der Waals surface area contributed by atoms with E-state index in [2.05, 4.69) is 0 Å². The normalized spacial score (nSPS) is 16.6. The average Bonchev–Trinajstić information content (AvgIpc) is 3.21. The third kappa shape index (κ3) is 6.23. The van der Waals surface area contributed by atoms with Crippen LogP contribution in [0.3, 0.4) is 0 Å². The molecule has 38 heavy (non-hydrogen) atoms. The van der Waals surface area contributed by atoms with Gasteiger partial charge in [-0.3, -0.25) is 9.59 Å². The first-order chi connectivity index (χ1) is 18.5. The molecule has 1 saturated heterocycles. The third-order valence-corrected chi connectivity index (χ3v) is 6.33. The molecule has 0 radical (unpaired) electrons. The van der Waals surface area contributed by atoms with Crippen molar-refractivity contribution < 1.29 is 28.9 Å². The van der Waals surface area contributed by atoms with Gasteiger partial charge in [-0.1, -0.05) is 49.4 Å². The van der Waals surface area contributed by atoms with Gasteiger partial charge in [-0.05, 0) is 60.4 Å². The second kappa shape index (κ2) is 12.9. The lowest BCUT2D eigenvalue weighted by molar-refractivity contribution is -0.140. The summed E-state index contributed by atoms with van der Waals surface area (Å²) in [6.45, 7) is 3.79. The van der Waals surface area contributed by atoms with E-state index in [4.69, 9.17) is 14.2 Å².